The Bertz CT molecular complexity index is 628. The van der Waals surface area contributed by atoms with E-state index in [9.17, 15) is 4.79 Å². The van der Waals surface area contributed by atoms with Crippen LogP contribution in [0.15, 0.2) is 42.5 Å². The van der Waals surface area contributed by atoms with Gasteiger partial charge in [0.05, 0.1) is 6.07 Å². The molecule has 3 nitrogen and oxygen atoms in total. The van der Waals surface area contributed by atoms with Crippen LogP contribution in [0, 0.1) is 11.3 Å². The Morgan fingerprint density at radius 3 is 2.56 bits per heavy atom. The molecule has 18 heavy (non-hydrogen) atoms. The summed E-state index contributed by atoms with van der Waals surface area (Å²) < 4.78 is 0. The minimum Gasteiger partial charge on any atom is -0.326 e. The number of nitrogens with zero attached hydrogens (tertiary/aromatic N) is 2. The predicted molar refractivity (Wildman–Crippen MR) is 71.1 cm³/mol. The second-order valence-corrected chi connectivity index (χ2v) is 4.28. The van der Waals surface area contributed by atoms with Gasteiger partial charge in [0.15, 0.2) is 0 Å². The summed E-state index contributed by atoms with van der Waals surface area (Å²) in [7, 11) is 1.64. The Morgan fingerprint density at radius 2 is 1.89 bits per heavy atom. The average Bonchev–Trinajstić information content (AvgIpc) is 2.44. The fourth-order valence-corrected chi connectivity index (χ4v) is 1.79. The highest BCUT2D eigenvalue weighted by molar-refractivity contribution is 5.98. The van der Waals surface area contributed by atoms with E-state index in [1.807, 2.05) is 36.4 Å². The number of benzene rings is 2. The minimum atomic E-state index is -0.427. The number of fused-ring (bicyclic) bond motifs is 1. The fraction of sp³-hybridized carbons (Fsp3) is 0.200. The second-order valence-electron chi connectivity index (χ2n) is 4.28. The number of rotatable bonds is 2. The number of hydrogen-bond donors (Lipinski definition) is 0. The topological polar surface area (TPSA) is 44.1 Å². The van der Waals surface area contributed by atoms with Crippen molar-refractivity contribution in [1.29, 1.82) is 5.26 Å². The van der Waals surface area contributed by atoms with Crippen molar-refractivity contribution in [3.05, 3.63) is 48.0 Å². The molecule has 0 aliphatic carbocycles. The normalized spacial score (nSPS) is 11.8. The first-order valence-corrected chi connectivity index (χ1v) is 5.79. The summed E-state index contributed by atoms with van der Waals surface area (Å²) in [5.41, 5.74) is 0.610. The molecule has 0 aliphatic heterocycles. The standard InChI is InChI=1S/C15H14N2O/c1-11(10-16)17(2)15(18)14-8-7-12-5-3-4-6-13(12)9-14/h3-9,11H,1-2H3. The number of carbonyl (C=O) groups excluding carboxylic acids is 1. The van der Waals surface area contributed by atoms with Crippen LogP contribution in [0.1, 0.15) is 17.3 Å². The lowest BCUT2D eigenvalue weighted by Crippen LogP contribution is -2.33. The van der Waals surface area contributed by atoms with Gasteiger partial charge in [0.1, 0.15) is 6.04 Å². The lowest BCUT2D eigenvalue weighted by molar-refractivity contribution is 0.0773. The van der Waals surface area contributed by atoms with Crippen LogP contribution in [0.25, 0.3) is 10.8 Å². The van der Waals surface area contributed by atoms with E-state index < -0.39 is 6.04 Å². The molecule has 90 valence electrons. The van der Waals surface area contributed by atoms with E-state index in [0.29, 0.717) is 5.56 Å². The van der Waals surface area contributed by atoms with Crippen LogP contribution in [0.3, 0.4) is 0 Å². The minimum absolute atomic E-state index is 0.130. The summed E-state index contributed by atoms with van der Waals surface area (Å²) in [6.45, 7) is 1.71. The number of hydrogen-bond acceptors (Lipinski definition) is 2. The van der Waals surface area contributed by atoms with Crippen molar-refractivity contribution >= 4 is 16.7 Å². The molecule has 1 unspecified atom stereocenters. The van der Waals surface area contributed by atoms with E-state index in [2.05, 4.69) is 6.07 Å². The first-order valence-electron chi connectivity index (χ1n) is 5.79. The highest BCUT2D eigenvalue weighted by atomic mass is 16.2. The summed E-state index contributed by atoms with van der Waals surface area (Å²) >= 11 is 0. The number of carbonyl (C=O) groups is 1. The molecule has 0 radical (unpaired) electrons. The molecule has 2 aromatic carbocycles. The van der Waals surface area contributed by atoms with E-state index in [1.54, 1.807) is 20.0 Å². The van der Waals surface area contributed by atoms with Gasteiger partial charge >= 0.3 is 0 Å². The molecule has 1 amide bonds. The zero-order valence-electron chi connectivity index (χ0n) is 10.4. The van der Waals surface area contributed by atoms with Crippen LogP contribution in [-0.4, -0.2) is 23.9 Å². The van der Waals surface area contributed by atoms with Crippen LogP contribution in [0.5, 0.6) is 0 Å². The van der Waals surface area contributed by atoms with E-state index in [0.717, 1.165) is 10.8 Å². The van der Waals surface area contributed by atoms with Crippen molar-refractivity contribution in [2.24, 2.45) is 0 Å². The summed E-state index contributed by atoms with van der Waals surface area (Å²) in [5.74, 6) is -0.130. The maximum atomic E-state index is 12.2. The number of amides is 1. The van der Waals surface area contributed by atoms with Crippen molar-refractivity contribution in [3.8, 4) is 6.07 Å². The van der Waals surface area contributed by atoms with Crippen molar-refractivity contribution < 1.29 is 4.79 Å². The van der Waals surface area contributed by atoms with Gasteiger partial charge < -0.3 is 4.90 Å². The van der Waals surface area contributed by atoms with E-state index in [4.69, 9.17) is 5.26 Å². The zero-order valence-corrected chi connectivity index (χ0v) is 10.4. The molecule has 0 fully saturated rings. The van der Waals surface area contributed by atoms with E-state index in [-0.39, 0.29) is 5.91 Å². The van der Waals surface area contributed by atoms with Crippen molar-refractivity contribution in [3.63, 3.8) is 0 Å². The lowest BCUT2D eigenvalue weighted by Gasteiger charge is -2.19. The van der Waals surface area contributed by atoms with Gasteiger partial charge in [-0.1, -0.05) is 30.3 Å². The third-order valence-electron chi connectivity index (χ3n) is 3.08. The Balaban J connectivity index is 2.37. The Hall–Kier alpha value is -2.34. The van der Waals surface area contributed by atoms with Gasteiger partial charge in [-0.2, -0.15) is 5.26 Å². The molecule has 0 saturated carbocycles. The molecule has 0 aliphatic rings. The predicted octanol–water partition coefficient (Wildman–Crippen LogP) is 2.82. The van der Waals surface area contributed by atoms with Crippen molar-refractivity contribution in [1.82, 2.24) is 4.90 Å². The van der Waals surface area contributed by atoms with Gasteiger partial charge in [0, 0.05) is 12.6 Å². The Labute approximate surface area is 106 Å². The third-order valence-corrected chi connectivity index (χ3v) is 3.08. The van der Waals surface area contributed by atoms with E-state index in [1.165, 1.54) is 4.90 Å². The summed E-state index contributed by atoms with van der Waals surface area (Å²) in [6.07, 6.45) is 0. The summed E-state index contributed by atoms with van der Waals surface area (Å²) in [4.78, 5) is 13.6. The molecule has 2 aromatic rings. The zero-order chi connectivity index (χ0) is 13.1. The summed E-state index contributed by atoms with van der Waals surface area (Å²) in [6, 6.07) is 15.1. The maximum Gasteiger partial charge on any atom is 0.254 e. The Morgan fingerprint density at radius 1 is 1.22 bits per heavy atom. The molecule has 0 saturated heterocycles. The van der Waals surface area contributed by atoms with Crippen LogP contribution in [0.2, 0.25) is 0 Å². The number of nitriles is 1. The largest absolute Gasteiger partial charge is 0.326 e. The SMILES string of the molecule is CC(C#N)N(C)C(=O)c1ccc2ccccc2c1. The molecule has 0 aromatic heterocycles. The molecular formula is C15H14N2O. The molecule has 3 heteroatoms. The van der Waals surface area contributed by atoms with Gasteiger partial charge in [-0.15, -0.1) is 0 Å². The van der Waals surface area contributed by atoms with Crippen LogP contribution in [0.4, 0.5) is 0 Å². The smallest absolute Gasteiger partial charge is 0.254 e. The van der Waals surface area contributed by atoms with Gasteiger partial charge in [-0.25, -0.2) is 0 Å². The molecular weight excluding hydrogens is 224 g/mol. The summed E-state index contributed by atoms with van der Waals surface area (Å²) in [5, 5.41) is 11.0. The molecule has 0 spiro atoms. The first-order chi connectivity index (χ1) is 8.63. The highest BCUT2D eigenvalue weighted by Gasteiger charge is 2.16. The maximum absolute atomic E-state index is 12.2. The van der Waals surface area contributed by atoms with Gasteiger partial charge in [-0.3, -0.25) is 4.79 Å². The second kappa shape index (κ2) is 4.89. The van der Waals surface area contributed by atoms with Crippen molar-refractivity contribution in [2.75, 3.05) is 7.05 Å². The monoisotopic (exact) mass is 238 g/mol. The molecule has 2 rings (SSSR count). The van der Waals surface area contributed by atoms with Crippen LogP contribution in [-0.2, 0) is 0 Å². The lowest BCUT2D eigenvalue weighted by atomic mass is 10.1. The highest BCUT2D eigenvalue weighted by Crippen LogP contribution is 2.17. The van der Waals surface area contributed by atoms with E-state index >= 15 is 0 Å². The fourth-order valence-electron chi connectivity index (χ4n) is 1.79. The van der Waals surface area contributed by atoms with Gasteiger partial charge in [0.2, 0.25) is 0 Å². The average molecular weight is 238 g/mol. The molecule has 0 N–H and O–H groups in total. The Kier molecular flexibility index (Phi) is 3.29. The van der Waals surface area contributed by atoms with Gasteiger partial charge in [-0.05, 0) is 29.8 Å². The molecule has 0 heterocycles. The molecule has 1 atom stereocenters. The van der Waals surface area contributed by atoms with Crippen LogP contribution >= 0.6 is 0 Å². The first kappa shape index (κ1) is 12.1. The quantitative estimate of drug-likeness (QED) is 0.807. The molecule has 0 bridgehead atoms. The van der Waals surface area contributed by atoms with Gasteiger partial charge in [0.25, 0.3) is 5.91 Å². The van der Waals surface area contributed by atoms with Crippen molar-refractivity contribution in [2.45, 2.75) is 13.0 Å². The third kappa shape index (κ3) is 2.18. The van der Waals surface area contributed by atoms with Crippen LogP contribution < -0.4 is 0 Å².